The molecule has 1 heteroatoms. The van der Waals surface area contributed by atoms with Gasteiger partial charge < -0.3 is 5.32 Å². The number of aryl methyl sites for hydroxylation is 1. The second-order valence-corrected chi connectivity index (χ2v) is 7.24. The van der Waals surface area contributed by atoms with Gasteiger partial charge in [-0.2, -0.15) is 0 Å². The Morgan fingerprint density at radius 2 is 1.65 bits per heavy atom. The van der Waals surface area contributed by atoms with Crippen LogP contribution in [-0.2, 0) is 0 Å². The molecule has 3 rings (SSSR count). The molecule has 1 heterocycles. The molecule has 23 heavy (non-hydrogen) atoms. The molecule has 1 N–H and O–H groups in total. The molecule has 0 spiro atoms. The predicted octanol–water partition coefficient (Wildman–Crippen LogP) is 5.58. The van der Waals surface area contributed by atoms with Gasteiger partial charge in [-0.15, -0.1) is 0 Å². The van der Waals surface area contributed by atoms with Gasteiger partial charge in [-0.05, 0) is 46.7 Å². The Kier molecular flexibility index (Phi) is 4.12. The van der Waals surface area contributed by atoms with Crippen LogP contribution in [0.2, 0.25) is 0 Å². The van der Waals surface area contributed by atoms with Crippen LogP contribution in [0.15, 0.2) is 66.3 Å². The summed E-state index contributed by atoms with van der Waals surface area (Å²) in [6.07, 6.45) is 4.60. The molecule has 0 unspecified atom stereocenters. The van der Waals surface area contributed by atoms with E-state index in [2.05, 4.69) is 93.7 Å². The summed E-state index contributed by atoms with van der Waals surface area (Å²) in [6.45, 7) is 9.89. The number of benzene rings is 2. The third-order valence-electron chi connectivity index (χ3n) is 4.42. The van der Waals surface area contributed by atoms with E-state index in [0.717, 1.165) is 6.54 Å². The Labute approximate surface area is 139 Å². The number of dihydropyridines is 1. The first-order chi connectivity index (χ1) is 10.9. The maximum Gasteiger partial charge on any atom is 0.0422 e. The third kappa shape index (κ3) is 3.39. The average molecular weight is 303 g/mol. The minimum Gasteiger partial charge on any atom is -0.381 e. The highest BCUT2D eigenvalue weighted by Crippen LogP contribution is 2.32. The van der Waals surface area contributed by atoms with Crippen molar-refractivity contribution in [3.8, 4) is 11.1 Å². The van der Waals surface area contributed by atoms with Gasteiger partial charge in [0.2, 0.25) is 0 Å². The van der Waals surface area contributed by atoms with E-state index >= 15 is 0 Å². The second-order valence-electron chi connectivity index (χ2n) is 7.24. The summed E-state index contributed by atoms with van der Waals surface area (Å²) < 4.78 is 0. The van der Waals surface area contributed by atoms with Crippen molar-refractivity contribution in [2.45, 2.75) is 27.7 Å². The Bertz CT molecular complexity index is 758. The van der Waals surface area contributed by atoms with E-state index in [0.29, 0.717) is 0 Å². The summed E-state index contributed by atoms with van der Waals surface area (Å²) in [4.78, 5) is 0. The maximum absolute atomic E-state index is 3.54. The van der Waals surface area contributed by atoms with Gasteiger partial charge >= 0.3 is 0 Å². The molecule has 2 aromatic carbocycles. The molecule has 0 bridgehead atoms. The van der Waals surface area contributed by atoms with E-state index in [-0.39, 0.29) is 5.41 Å². The smallest absolute Gasteiger partial charge is 0.0422 e. The van der Waals surface area contributed by atoms with Crippen molar-refractivity contribution in [1.29, 1.82) is 0 Å². The third-order valence-corrected chi connectivity index (χ3v) is 4.42. The molecule has 1 aliphatic rings. The molecule has 2 aromatic rings. The molecular weight excluding hydrogens is 278 g/mol. The summed E-state index contributed by atoms with van der Waals surface area (Å²) in [5.41, 5.74) is 7.93. The Hall–Kier alpha value is -2.28. The van der Waals surface area contributed by atoms with Gasteiger partial charge in [0.05, 0.1) is 0 Å². The van der Waals surface area contributed by atoms with Gasteiger partial charge in [-0.3, -0.25) is 0 Å². The molecule has 0 aromatic heterocycles. The summed E-state index contributed by atoms with van der Waals surface area (Å²) in [5.74, 6) is 0. The lowest BCUT2D eigenvalue weighted by Crippen LogP contribution is -2.21. The van der Waals surface area contributed by atoms with Crippen LogP contribution in [-0.4, -0.2) is 6.54 Å². The van der Waals surface area contributed by atoms with Crippen LogP contribution in [0.3, 0.4) is 0 Å². The van der Waals surface area contributed by atoms with Gasteiger partial charge in [0.25, 0.3) is 0 Å². The van der Waals surface area contributed by atoms with Crippen LogP contribution in [0.4, 0.5) is 0 Å². The lowest BCUT2D eigenvalue weighted by molar-refractivity contribution is 0.513. The van der Waals surface area contributed by atoms with Crippen molar-refractivity contribution in [3.05, 3.63) is 77.4 Å². The zero-order valence-electron chi connectivity index (χ0n) is 14.5. The van der Waals surface area contributed by atoms with Crippen LogP contribution < -0.4 is 5.32 Å². The Morgan fingerprint density at radius 1 is 0.913 bits per heavy atom. The van der Waals surface area contributed by atoms with E-state index < -0.39 is 0 Å². The number of hydrogen-bond acceptors (Lipinski definition) is 1. The Balaban J connectivity index is 2.03. The molecule has 0 atom stereocenters. The lowest BCUT2D eigenvalue weighted by Gasteiger charge is -2.26. The number of nitrogens with one attached hydrogen (secondary N) is 1. The SMILES string of the molecule is Cc1ccc(-c2ccccc2)cc1C1=CC(C(C)(C)C)=CCN1. The molecule has 1 aliphatic heterocycles. The molecular formula is C22H25N. The van der Waals surface area contributed by atoms with Crippen molar-refractivity contribution >= 4 is 5.70 Å². The van der Waals surface area contributed by atoms with Crippen LogP contribution in [0.25, 0.3) is 16.8 Å². The van der Waals surface area contributed by atoms with Gasteiger partial charge in [-0.25, -0.2) is 0 Å². The van der Waals surface area contributed by atoms with Gasteiger partial charge in [-0.1, -0.05) is 69.3 Å². The second kappa shape index (κ2) is 6.08. The van der Waals surface area contributed by atoms with Crippen molar-refractivity contribution in [3.63, 3.8) is 0 Å². The molecule has 0 radical (unpaired) electrons. The highest BCUT2D eigenvalue weighted by molar-refractivity contribution is 5.76. The van der Waals surface area contributed by atoms with Crippen molar-refractivity contribution in [1.82, 2.24) is 5.32 Å². The molecule has 0 amide bonds. The monoisotopic (exact) mass is 303 g/mol. The van der Waals surface area contributed by atoms with Gasteiger partial charge in [0.15, 0.2) is 0 Å². The molecule has 118 valence electrons. The van der Waals surface area contributed by atoms with E-state index in [9.17, 15) is 0 Å². The van der Waals surface area contributed by atoms with Gasteiger partial charge in [0, 0.05) is 17.8 Å². The highest BCUT2D eigenvalue weighted by Gasteiger charge is 2.19. The standard InChI is InChI=1S/C22H25N/c1-16-10-11-18(17-8-6-5-7-9-17)14-20(16)21-15-19(12-13-23-21)22(2,3)4/h5-12,14-15,23H,13H2,1-4H3. The van der Waals surface area contributed by atoms with E-state index in [1.165, 1.54) is 33.5 Å². The van der Waals surface area contributed by atoms with Crippen molar-refractivity contribution in [2.75, 3.05) is 6.54 Å². The number of allylic oxidation sites excluding steroid dienone is 2. The molecule has 0 saturated carbocycles. The first kappa shape index (κ1) is 15.6. The highest BCUT2D eigenvalue weighted by atomic mass is 14.9. The minimum absolute atomic E-state index is 0.179. The topological polar surface area (TPSA) is 12.0 Å². The summed E-state index contributed by atoms with van der Waals surface area (Å²) in [6, 6.07) is 17.3. The molecule has 0 saturated heterocycles. The largest absolute Gasteiger partial charge is 0.381 e. The number of rotatable bonds is 2. The summed E-state index contributed by atoms with van der Waals surface area (Å²) in [5, 5.41) is 3.54. The first-order valence-electron chi connectivity index (χ1n) is 8.28. The maximum atomic E-state index is 3.54. The zero-order valence-corrected chi connectivity index (χ0v) is 14.5. The van der Waals surface area contributed by atoms with Crippen molar-refractivity contribution in [2.24, 2.45) is 5.41 Å². The fourth-order valence-corrected chi connectivity index (χ4v) is 2.95. The normalized spacial score (nSPS) is 14.8. The van der Waals surface area contributed by atoms with Crippen LogP contribution in [0.5, 0.6) is 0 Å². The van der Waals surface area contributed by atoms with E-state index in [1.54, 1.807) is 0 Å². The fourth-order valence-electron chi connectivity index (χ4n) is 2.95. The van der Waals surface area contributed by atoms with Gasteiger partial charge in [0.1, 0.15) is 0 Å². The van der Waals surface area contributed by atoms with Crippen LogP contribution >= 0.6 is 0 Å². The first-order valence-corrected chi connectivity index (χ1v) is 8.28. The van der Waals surface area contributed by atoms with Crippen molar-refractivity contribution < 1.29 is 0 Å². The Morgan fingerprint density at radius 3 is 2.35 bits per heavy atom. The van der Waals surface area contributed by atoms with Crippen LogP contribution in [0, 0.1) is 12.3 Å². The molecule has 1 nitrogen and oxygen atoms in total. The average Bonchev–Trinajstić information content (AvgIpc) is 2.55. The van der Waals surface area contributed by atoms with E-state index in [4.69, 9.17) is 0 Å². The molecule has 0 aliphatic carbocycles. The molecule has 0 fully saturated rings. The van der Waals surface area contributed by atoms with Crippen LogP contribution in [0.1, 0.15) is 31.9 Å². The minimum atomic E-state index is 0.179. The summed E-state index contributed by atoms with van der Waals surface area (Å²) >= 11 is 0. The lowest BCUT2D eigenvalue weighted by atomic mass is 9.83. The zero-order chi connectivity index (χ0) is 16.4. The fraction of sp³-hybridized carbons (Fsp3) is 0.273. The quantitative estimate of drug-likeness (QED) is 0.763. The predicted molar refractivity (Wildman–Crippen MR) is 100 cm³/mol. The summed E-state index contributed by atoms with van der Waals surface area (Å²) in [7, 11) is 0. The van der Waals surface area contributed by atoms with E-state index in [1.807, 2.05) is 0 Å². The number of hydrogen-bond donors (Lipinski definition) is 1.